The van der Waals surface area contributed by atoms with Gasteiger partial charge in [-0.2, -0.15) is 5.26 Å². The maximum atomic E-state index is 9.02. The summed E-state index contributed by atoms with van der Waals surface area (Å²) in [4.78, 5) is 8.07. The monoisotopic (exact) mass is 210 g/mol. The minimum atomic E-state index is 0.216. The zero-order valence-corrected chi connectivity index (χ0v) is 8.81. The van der Waals surface area contributed by atoms with Gasteiger partial charge in [-0.15, -0.1) is 0 Å². The number of aryl methyl sites for hydroxylation is 1. The zero-order chi connectivity index (χ0) is 11.5. The molecule has 0 saturated carbocycles. The molecule has 0 aliphatic rings. The van der Waals surface area contributed by atoms with Crippen LogP contribution in [0.5, 0.6) is 0 Å². The van der Waals surface area contributed by atoms with Crippen LogP contribution in [0.1, 0.15) is 11.1 Å². The van der Waals surface area contributed by atoms with Crippen molar-refractivity contribution < 1.29 is 0 Å². The Balaban J connectivity index is 2.68. The second kappa shape index (κ2) is 3.99. The van der Waals surface area contributed by atoms with Crippen molar-refractivity contribution in [3.05, 3.63) is 41.6 Å². The number of rotatable bonds is 1. The Morgan fingerprint density at radius 2 is 2.06 bits per heavy atom. The predicted molar refractivity (Wildman–Crippen MR) is 61.3 cm³/mol. The third kappa shape index (κ3) is 1.71. The molecule has 0 bridgehead atoms. The molecule has 2 rings (SSSR count). The highest BCUT2D eigenvalue weighted by molar-refractivity contribution is 5.70. The number of hydrogen-bond donors (Lipinski definition) is 1. The minimum absolute atomic E-state index is 0.216. The van der Waals surface area contributed by atoms with Gasteiger partial charge in [0, 0.05) is 11.8 Å². The number of nitrogens with two attached hydrogens (primary N) is 1. The number of aromatic nitrogens is 2. The highest BCUT2D eigenvalue weighted by atomic mass is 15.0. The summed E-state index contributed by atoms with van der Waals surface area (Å²) in [6.07, 6.45) is 1.66. The molecular weight excluding hydrogens is 200 g/mol. The van der Waals surface area contributed by atoms with Crippen molar-refractivity contribution in [1.29, 1.82) is 5.26 Å². The van der Waals surface area contributed by atoms with Gasteiger partial charge < -0.3 is 5.73 Å². The predicted octanol–water partition coefficient (Wildman–Crippen LogP) is 1.91. The van der Waals surface area contributed by atoms with Crippen molar-refractivity contribution in [2.45, 2.75) is 6.92 Å². The number of hydrogen-bond acceptors (Lipinski definition) is 4. The summed E-state index contributed by atoms with van der Waals surface area (Å²) in [5, 5.41) is 9.02. The van der Waals surface area contributed by atoms with E-state index in [-0.39, 0.29) is 5.95 Å². The van der Waals surface area contributed by atoms with Crippen LogP contribution in [0.3, 0.4) is 0 Å². The van der Waals surface area contributed by atoms with Crippen LogP contribution in [0.15, 0.2) is 30.5 Å². The normalized spacial score (nSPS) is 9.75. The molecule has 4 heteroatoms. The molecule has 1 aromatic heterocycles. The molecule has 0 fully saturated rings. The minimum Gasteiger partial charge on any atom is -0.368 e. The lowest BCUT2D eigenvalue weighted by Gasteiger charge is -2.06. The fourth-order valence-corrected chi connectivity index (χ4v) is 1.52. The standard InChI is InChI=1S/C12H10N4/c1-8-7-15-12(14)16-11(8)10-5-3-2-4-9(10)6-13/h2-5,7H,1H3,(H2,14,15,16). The lowest BCUT2D eigenvalue weighted by molar-refractivity contribution is 1.15. The van der Waals surface area contributed by atoms with Gasteiger partial charge in [0.05, 0.1) is 17.3 Å². The second-order valence-corrected chi connectivity index (χ2v) is 3.42. The van der Waals surface area contributed by atoms with E-state index in [1.54, 1.807) is 12.3 Å². The smallest absolute Gasteiger partial charge is 0.220 e. The van der Waals surface area contributed by atoms with E-state index in [1.807, 2.05) is 25.1 Å². The SMILES string of the molecule is Cc1cnc(N)nc1-c1ccccc1C#N. The van der Waals surface area contributed by atoms with E-state index in [0.29, 0.717) is 11.3 Å². The average Bonchev–Trinajstić information content (AvgIpc) is 2.32. The first-order chi connectivity index (χ1) is 7.72. The van der Waals surface area contributed by atoms with E-state index in [2.05, 4.69) is 16.0 Å². The first kappa shape index (κ1) is 10.1. The first-order valence-electron chi connectivity index (χ1n) is 4.81. The molecule has 0 atom stereocenters. The molecule has 2 aromatic rings. The summed E-state index contributed by atoms with van der Waals surface area (Å²) in [6.45, 7) is 1.89. The van der Waals surface area contributed by atoms with Gasteiger partial charge in [-0.25, -0.2) is 9.97 Å². The summed E-state index contributed by atoms with van der Waals surface area (Å²) in [7, 11) is 0. The van der Waals surface area contributed by atoms with E-state index >= 15 is 0 Å². The summed E-state index contributed by atoms with van der Waals surface area (Å²) in [5.74, 6) is 0.216. The van der Waals surface area contributed by atoms with Gasteiger partial charge >= 0.3 is 0 Å². The molecule has 78 valence electrons. The highest BCUT2D eigenvalue weighted by Crippen LogP contribution is 2.24. The lowest BCUT2D eigenvalue weighted by Crippen LogP contribution is -1.99. The molecule has 0 spiro atoms. The van der Waals surface area contributed by atoms with Crippen molar-refractivity contribution in [3.63, 3.8) is 0 Å². The summed E-state index contributed by atoms with van der Waals surface area (Å²) in [5.41, 5.74) is 8.54. The maximum Gasteiger partial charge on any atom is 0.220 e. The van der Waals surface area contributed by atoms with Gasteiger partial charge in [-0.3, -0.25) is 0 Å². The third-order valence-corrected chi connectivity index (χ3v) is 2.29. The Morgan fingerprint density at radius 1 is 1.31 bits per heavy atom. The number of nitrogens with zero attached hydrogens (tertiary/aromatic N) is 3. The van der Waals surface area contributed by atoms with Crippen molar-refractivity contribution in [2.24, 2.45) is 0 Å². The molecule has 0 unspecified atom stereocenters. The molecule has 16 heavy (non-hydrogen) atoms. The highest BCUT2D eigenvalue weighted by Gasteiger charge is 2.09. The van der Waals surface area contributed by atoms with Gasteiger partial charge in [0.15, 0.2) is 0 Å². The van der Waals surface area contributed by atoms with Crippen LogP contribution in [0, 0.1) is 18.3 Å². The van der Waals surface area contributed by atoms with Gasteiger partial charge in [-0.1, -0.05) is 18.2 Å². The van der Waals surface area contributed by atoms with Crippen molar-refractivity contribution >= 4 is 5.95 Å². The Bertz CT molecular complexity index is 569. The number of anilines is 1. The second-order valence-electron chi connectivity index (χ2n) is 3.42. The fraction of sp³-hybridized carbons (Fsp3) is 0.0833. The molecule has 0 saturated heterocycles. The first-order valence-corrected chi connectivity index (χ1v) is 4.81. The fourth-order valence-electron chi connectivity index (χ4n) is 1.52. The van der Waals surface area contributed by atoms with Crippen molar-refractivity contribution in [1.82, 2.24) is 9.97 Å². The van der Waals surface area contributed by atoms with Crippen LogP contribution >= 0.6 is 0 Å². The van der Waals surface area contributed by atoms with E-state index in [1.165, 1.54) is 0 Å². The quantitative estimate of drug-likeness (QED) is 0.780. The number of nitriles is 1. The third-order valence-electron chi connectivity index (χ3n) is 2.29. The Labute approximate surface area is 93.4 Å². The molecule has 0 aliphatic heterocycles. The summed E-state index contributed by atoms with van der Waals surface area (Å²) in [6, 6.07) is 9.44. The van der Waals surface area contributed by atoms with Crippen LogP contribution in [0.25, 0.3) is 11.3 Å². The lowest BCUT2D eigenvalue weighted by atomic mass is 10.0. The molecule has 0 radical (unpaired) electrons. The Kier molecular flexibility index (Phi) is 2.52. The summed E-state index contributed by atoms with van der Waals surface area (Å²) >= 11 is 0. The maximum absolute atomic E-state index is 9.02. The number of benzene rings is 1. The van der Waals surface area contributed by atoms with Gasteiger partial charge in [0.25, 0.3) is 0 Å². The number of nitrogen functional groups attached to an aromatic ring is 1. The average molecular weight is 210 g/mol. The van der Waals surface area contributed by atoms with Crippen LogP contribution in [0.2, 0.25) is 0 Å². The molecule has 0 amide bonds. The topological polar surface area (TPSA) is 75.6 Å². The van der Waals surface area contributed by atoms with E-state index in [0.717, 1.165) is 11.1 Å². The van der Waals surface area contributed by atoms with Crippen LogP contribution < -0.4 is 5.73 Å². The van der Waals surface area contributed by atoms with E-state index < -0.39 is 0 Å². The molecular formula is C12H10N4. The molecule has 2 N–H and O–H groups in total. The molecule has 0 aliphatic carbocycles. The molecule has 1 heterocycles. The molecule has 1 aromatic carbocycles. The Morgan fingerprint density at radius 3 is 2.81 bits per heavy atom. The van der Waals surface area contributed by atoms with Crippen LogP contribution in [0.4, 0.5) is 5.95 Å². The van der Waals surface area contributed by atoms with E-state index in [4.69, 9.17) is 11.0 Å². The largest absolute Gasteiger partial charge is 0.368 e. The van der Waals surface area contributed by atoms with Crippen molar-refractivity contribution in [3.8, 4) is 17.3 Å². The van der Waals surface area contributed by atoms with Gasteiger partial charge in [0.1, 0.15) is 0 Å². The van der Waals surface area contributed by atoms with Crippen LogP contribution in [-0.2, 0) is 0 Å². The van der Waals surface area contributed by atoms with Gasteiger partial charge in [-0.05, 0) is 18.6 Å². The van der Waals surface area contributed by atoms with Gasteiger partial charge in [0.2, 0.25) is 5.95 Å². The Hall–Kier alpha value is -2.41. The van der Waals surface area contributed by atoms with Crippen LogP contribution in [-0.4, -0.2) is 9.97 Å². The molecule has 4 nitrogen and oxygen atoms in total. The van der Waals surface area contributed by atoms with E-state index in [9.17, 15) is 0 Å². The zero-order valence-electron chi connectivity index (χ0n) is 8.81. The van der Waals surface area contributed by atoms with Crippen molar-refractivity contribution in [2.75, 3.05) is 5.73 Å². The summed E-state index contributed by atoms with van der Waals surface area (Å²) < 4.78 is 0.